The van der Waals surface area contributed by atoms with Gasteiger partial charge in [0.05, 0.1) is 6.54 Å². The van der Waals surface area contributed by atoms with Crippen LogP contribution in [0, 0.1) is 6.92 Å². The lowest BCUT2D eigenvalue weighted by atomic mass is 10.6. The number of rotatable bonds is 4. The van der Waals surface area contributed by atoms with Crippen molar-refractivity contribution in [2.45, 2.75) is 13.5 Å². The SMILES string of the molecule is Cc1cnc(CNS(=O)(=O)N(C)C)s1. The monoisotopic (exact) mass is 235 g/mol. The molecule has 1 aromatic heterocycles. The van der Waals surface area contributed by atoms with Gasteiger partial charge in [0, 0.05) is 25.2 Å². The fourth-order valence-electron chi connectivity index (χ4n) is 0.765. The van der Waals surface area contributed by atoms with Crippen LogP contribution in [0.1, 0.15) is 9.88 Å². The molecular formula is C7H13N3O2S2. The van der Waals surface area contributed by atoms with Gasteiger partial charge in [-0.1, -0.05) is 0 Å². The summed E-state index contributed by atoms with van der Waals surface area (Å²) in [5.74, 6) is 0. The predicted octanol–water partition coefficient (Wildman–Crippen LogP) is 0.348. The van der Waals surface area contributed by atoms with Gasteiger partial charge in [-0.15, -0.1) is 11.3 Å². The van der Waals surface area contributed by atoms with Crippen molar-refractivity contribution in [2.75, 3.05) is 14.1 Å². The normalized spacial score (nSPS) is 12.3. The van der Waals surface area contributed by atoms with E-state index in [0.717, 1.165) is 14.2 Å². The van der Waals surface area contributed by atoms with Crippen LogP contribution in [0.15, 0.2) is 6.20 Å². The van der Waals surface area contributed by atoms with E-state index in [1.54, 1.807) is 6.20 Å². The lowest BCUT2D eigenvalue weighted by Crippen LogP contribution is -2.35. The summed E-state index contributed by atoms with van der Waals surface area (Å²) in [6.45, 7) is 2.18. The number of hydrogen-bond donors (Lipinski definition) is 1. The molecule has 0 saturated carbocycles. The largest absolute Gasteiger partial charge is 0.279 e. The zero-order chi connectivity index (χ0) is 10.8. The minimum Gasteiger partial charge on any atom is -0.248 e. The van der Waals surface area contributed by atoms with E-state index >= 15 is 0 Å². The molecule has 0 fully saturated rings. The quantitative estimate of drug-likeness (QED) is 0.819. The molecule has 0 atom stereocenters. The van der Waals surface area contributed by atoms with Crippen molar-refractivity contribution in [1.29, 1.82) is 0 Å². The number of aromatic nitrogens is 1. The molecule has 1 rings (SSSR count). The molecule has 0 bridgehead atoms. The third-order valence-corrected chi connectivity index (χ3v) is 3.94. The first-order valence-electron chi connectivity index (χ1n) is 4.00. The summed E-state index contributed by atoms with van der Waals surface area (Å²) in [7, 11) is -0.374. The molecule has 0 aromatic carbocycles. The van der Waals surface area contributed by atoms with Gasteiger partial charge in [-0.3, -0.25) is 0 Å². The Morgan fingerprint density at radius 3 is 2.64 bits per heavy atom. The van der Waals surface area contributed by atoms with Crippen LogP contribution in [0.5, 0.6) is 0 Å². The molecule has 0 saturated heterocycles. The lowest BCUT2D eigenvalue weighted by molar-refractivity contribution is 0.505. The molecule has 0 amide bonds. The molecule has 0 aliphatic rings. The van der Waals surface area contributed by atoms with Crippen LogP contribution in [0.4, 0.5) is 0 Å². The summed E-state index contributed by atoms with van der Waals surface area (Å²) < 4.78 is 26.2. The van der Waals surface area contributed by atoms with Crippen molar-refractivity contribution >= 4 is 21.5 Å². The van der Waals surface area contributed by atoms with Gasteiger partial charge in [0.2, 0.25) is 0 Å². The Balaban J connectivity index is 2.57. The molecule has 0 spiro atoms. The van der Waals surface area contributed by atoms with E-state index in [2.05, 4.69) is 9.71 Å². The second kappa shape index (κ2) is 4.35. The summed E-state index contributed by atoms with van der Waals surface area (Å²) in [6, 6.07) is 0. The van der Waals surface area contributed by atoms with Gasteiger partial charge in [0.25, 0.3) is 10.2 Å². The topological polar surface area (TPSA) is 62.3 Å². The molecule has 0 aliphatic carbocycles. The van der Waals surface area contributed by atoms with Crippen molar-refractivity contribution < 1.29 is 8.42 Å². The minimum absolute atomic E-state index is 0.249. The number of thiazole rings is 1. The molecule has 80 valence electrons. The van der Waals surface area contributed by atoms with Crippen LogP contribution in [0.3, 0.4) is 0 Å². The van der Waals surface area contributed by atoms with Crippen molar-refractivity contribution in [3.05, 3.63) is 16.1 Å². The maximum atomic E-state index is 11.3. The van der Waals surface area contributed by atoms with Gasteiger partial charge < -0.3 is 0 Å². The smallest absolute Gasteiger partial charge is 0.248 e. The first-order valence-corrected chi connectivity index (χ1v) is 6.26. The van der Waals surface area contributed by atoms with E-state index < -0.39 is 10.2 Å². The second-order valence-corrected chi connectivity index (χ2v) is 6.26. The van der Waals surface area contributed by atoms with Gasteiger partial charge in [0.15, 0.2) is 0 Å². The van der Waals surface area contributed by atoms with E-state index in [0.29, 0.717) is 0 Å². The maximum absolute atomic E-state index is 11.3. The van der Waals surface area contributed by atoms with E-state index in [9.17, 15) is 8.42 Å². The molecule has 14 heavy (non-hydrogen) atoms. The highest BCUT2D eigenvalue weighted by Crippen LogP contribution is 2.10. The van der Waals surface area contributed by atoms with Crippen LogP contribution in [-0.2, 0) is 16.8 Å². The van der Waals surface area contributed by atoms with Crippen LogP contribution >= 0.6 is 11.3 Å². The average molecular weight is 235 g/mol. The van der Waals surface area contributed by atoms with E-state index in [-0.39, 0.29) is 6.54 Å². The Bertz CT molecular complexity index is 397. The highest BCUT2D eigenvalue weighted by atomic mass is 32.2. The van der Waals surface area contributed by atoms with Gasteiger partial charge in [-0.2, -0.15) is 17.4 Å². The first-order chi connectivity index (χ1) is 6.42. The first kappa shape index (κ1) is 11.6. The van der Waals surface area contributed by atoms with E-state index in [1.165, 1.54) is 25.4 Å². The molecule has 0 aliphatic heterocycles. The average Bonchev–Trinajstić information content (AvgIpc) is 2.48. The number of aryl methyl sites for hydroxylation is 1. The van der Waals surface area contributed by atoms with Crippen molar-refractivity contribution in [1.82, 2.24) is 14.0 Å². The highest BCUT2D eigenvalue weighted by Gasteiger charge is 2.12. The third kappa shape index (κ3) is 3.02. The van der Waals surface area contributed by atoms with Crippen LogP contribution in [-0.4, -0.2) is 31.8 Å². The predicted molar refractivity (Wildman–Crippen MR) is 56.3 cm³/mol. The molecule has 5 nitrogen and oxygen atoms in total. The zero-order valence-corrected chi connectivity index (χ0v) is 9.94. The van der Waals surface area contributed by atoms with Crippen LogP contribution in [0.25, 0.3) is 0 Å². The summed E-state index contributed by atoms with van der Waals surface area (Å²) >= 11 is 1.48. The molecule has 1 N–H and O–H groups in total. The summed E-state index contributed by atoms with van der Waals surface area (Å²) in [5, 5.41) is 0.771. The summed E-state index contributed by atoms with van der Waals surface area (Å²) in [5.41, 5.74) is 0. The standard InChI is InChI=1S/C7H13N3O2S2/c1-6-4-8-7(13-6)5-9-14(11,12)10(2)3/h4,9H,5H2,1-3H3. The number of nitrogens with zero attached hydrogens (tertiary/aromatic N) is 2. The Morgan fingerprint density at radius 1 is 1.57 bits per heavy atom. The Morgan fingerprint density at radius 2 is 2.21 bits per heavy atom. The van der Waals surface area contributed by atoms with E-state index in [1.807, 2.05) is 6.92 Å². The second-order valence-electron chi connectivity index (χ2n) is 2.97. The molecule has 7 heteroatoms. The fraction of sp³-hybridized carbons (Fsp3) is 0.571. The highest BCUT2D eigenvalue weighted by molar-refractivity contribution is 7.87. The third-order valence-electron chi connectivity index (χ3n) is 1.56. The molecule has 0 unspecified atom stereocenters. The Hall–Kier alpha value is -0.500. The fourth-order valence-corrected chi connectivity index (χ4v) is 2.16. The molecular weight excluding hydrogens is 222 g/mol. The van der Waals surface area contributed by atoms with E-state index in [4.69, 9.17) is 0 Å². The number of nitrogens with one attached hydrogen (secondary N) is 1. The van der Waals surface area contributed by atoms with Gasteiger partial charge in [0.1, 0.15) is 5.01 Å². The van der Waals surface area contributed by atoms with Crippen LogP contribution in [0.2, 0.25) is 0 Å². The minimum atomic E-state index is -3.34. The summed E-state index contributed by atoms with van der Waals surface area (Å²) in [6.07, 6.45) is 1.73. The van der Waals surface area contributed by atoms with Gasteiger partial charge >= 0.3 is 0 Å². The molecule has 1 heterocycles. The lowest BCUT2D eigenvalue weighted by Gasteiger charge is -2.10. The zero-order valence-electron chi connectivity index (χ0n) is 8.31. The maximum Gasteiger partial charge on any atom is 0.279 e. The Labute approximate surface area is 88.0 Å². The van der Waals surface area contributed by atoms with Crippen molar-refractivity contribution in [3.63, 3.8) is 0 Å². The van der Waals surface area contributed by atoms with Crippen molar-refractivity contribution in [3.8, 4) is 0 Å². The van der Waals surface area contributed by atoms with Crippen LogP contribution < -0.4 is 4.72 Å². The van der Waals surface area contributed by atoms with Gasteiger partial charge in [-0.05, 0) is 6.92 Å². The number of hydrogen-bond acceptors (Lipinski definition) is 4. The van der Waals surface area contributed by atoms with Crippen molar-refractivity contribution in [2.24, 2.45) is 0 Å². The molecule has 1 aromatic rings. The molecule has 0 radical (unpaired) electrons. The summed E-state index contributed by atoms with van der Waals surface area (Å²) in [4.78, 5) is 5.12. The van der Waals surface area contributed by atoms with Gasteiger partial charge in [-0.25, -0.2) is 4.98 Å². The Kier molecular flexibility index (Phi) is 3.59.